The summed E-state index contributed by atoms with van der Waals surface area (Å²) in [6.45, 7) is 4.99. The van der Waals surface area contributed by atoms with Crippen molar-refractivity contribution in [2.24, 2.45) is 12.5 Å². The third-order valence-electron chi connectivity index (χ3n) is 6.53. The molecule has 0 saturated carbocycles. The fraction of sp³-hybridized carbons (Fsp3) is 0.417. The van der Waals surface area contributed by atoms with Crippen molar-refractivity contribution in [2.45, 2.75) is 42.2 Å². The minimum atomic E-state index is -0.310. The lowest BCUT2D eigenvalue weighted by Gasteiger charge is -2.38. The van der Waals surface area contributed by atoms with Gasteiger partial charge in [-0.3, -0.25) is 9.48 Å². The molecule has 4 heterocycles. The predicted molar refractivity (Wildman–Crippen MR) is 133 cm³/mol. The molecule has 1 atom stereocenters. The van der Waals surface area contributed by atoms with Crippen LogP contribution >= 0.6 is 23.4 Å². The Morgan fingerprint density at radius 1 is 1.24 bits per heavy atom. The Hall–Kier alpha value is -2.62. The fourth-order valence-corrected chi connectivity index (χ4v) is 5.72. The molecule has 1 N–H and O–H groups in total. The van der Waals surface area contributed by atoms with Crippen LogP contribution in [0.3, 0.4) is 0 Å². The molecule has 5 rings (SSSR count). The lowest BCUT2D eigenvalue weighted by Crippen LogP contribution is -2.41. The molecule has 8 nitrogen and oxygen atoms in total. The van der Waals surface area contributed by atoms with E-state index in [1.165, 1.54) is 11.8 Å². The lowest BCUT2D eigenvalue weighted by molar-refractivity contribution is 0.0975. The maximum Gasteiger partial charge on any atom is 0.276 e. The zero-order chi connectivity index (χ0) is 23.7. The van der Waals surface area contributed by atoms with Crippen molar-refractivity contribution >= 4 is 40.8 Å². The second-order valence-corrected chi connectivity index (χ2v) is 10.5. The number of halogens is 1. The number of aryl methyl sites for hydroxylation is 1. The van der Waals surface area contributed by atoms with E-state index in [1.54, 1.807) is 36.3 Å². The minimum absolute atomic E-state index is 0.310. The summed E-state index contributed by atoms with van der Waals surface area (Å²) in [4.78, 5) is 24.8. The van der Waals surface area contributed by atoms with Gasteiger partial charge in [0.05, 0.1) is 35.8 Å². The summed E-state index contributed by atoms with van der Waals surface area (Å²) >= 11 is 8.00. The molecule has 0 unspecified atom stereocenters. The lowest BCUT2D eigenvalue weighted by atomic mass is 9.77. The van der Waals surface area contributed by atoms with Gasteiger partial charge in [0.1, 0.15) is 10.8 Å². The SMILES string of the molecule is C[C@H]1CC2(CCN(c3cnc(Sc4cccc(NC(=O)c5ccn(C)n5)c4Cl)cn3)CC2)CO1. The van der Waals surface area contributed by atoms with Crippen LogP contribution in [-0.4, -0.2) is 51.5 Å². The van der Waals surface area contributed by atoms with Crippen molar-refractivity contribution in [2.75, 3.05) is 29.9 Å². The molecule has 0 aliphatic carbocycles. The number of hydrogen-bond acceptors (Lipinski definition) is 7. The molecule has 2 saturated heterocycles. The van der Waals surface area contributed by atoms with Crippen LogP contribution in [0, 0.1) is 5.41 Å². The molecular formula is C24H27ClN6O2S. The second-order valence-electron chi connectivity index (χ2n) is 9.07. The molecule has 2 fully saturated rings. The topological polar surface area (TPSA) is 85.2 Å². The average Bonchev–Trinajstić information content (AvgIpc) is 3.43. The largest absolute Gasteiger partial charge is 0.378 e. The van der Waals surface area contributed by atoms with Crippen molar-refractivity contribution in [3.8, 4) is 0 Å². The summed E-state index contributed by atoms with van der Waals surface area (Å²) in [6, 6.07) is 7.17. The number of benzene rings is 1. The highest BCUT2D eigenvalue weighted by molar-refractivity contribution is 7.99. The van der Waals surface area contributed by atoms with Crippen LogP contribution in [0.15, 0.2) is 52.8 Å². The van der Waals surface area contributed by atoms with Gasteiger partial charge in [-0.15, -0.1) is 0 Å². The van der Waals surface area contributed by atoms with Crippen molar-refractivity contribution in [3.05, 3.63) is 53.6 Å². The number of rotatable bonds is 5. The summed E-state index contributed by atoms with van der Waals surface area (Å²) in [6.07, 6.45) is 9.11. The summed E-state index contributed by atoms with van der Waals surface area (Å²) < 4.78 is 7.41. The highest BCUT2D eigenvalue weighted by Crippen LogP contribution is 2.42. The standard InChI is InChI=1S/C24H27ClN6O2S/c1-16-12-24(15-33-16)7-10-31(11-8-24)20-13-27-21(14-26-20)34-19-5-3-4-17(22(19)25)28-23(32)18-6-9-30(2)29-18/h3-6,9,13-14,16H,7-8,10-12,15H2,1-2H3,(H,28,32)/t16-/m0/s1. The van der Waals surface area contributed by atoms with E-state index in [0.717, 1.165) is 54.7 Å². The van der Waals surface area contributed by atoms with E-state index in [1.807, 2.05) is 18.3 Å². The summed E-state index contributed by atoms with van der Waals surface area (Å²) in [5, 5.41) is 8.15. The molecule has 2 aliphatic rings. The quantitative estimate of drug-likeness (QED) is 0.547. The van der Waals surface area contributed by atoms with Crippen molar-refractivity contribution in [1.82, 2.24) is 19.7 Å². The number of carbonyl (C=O) groups excluding carboxylic acids is 1. The zero-order valence-electron chi connectivity index (χ0n) is 19.2. The fourth-order valence-electron chi connectivity index (χ4n) is 4.65. The van der Waals surface area contributed by atoms with Crippen LogP contribution in [0.5, 0.6) is 0 Å². The van der Waals surface area contributed by atoms with E-state index in [9.17, 15) is 4.79 Å². The zero-order valence-corrected chi connectivity index (χ0v) is 20.8. The number of aromatic nitrogens is 4. The van der Waals surface area contributed by atoms with E-state index in [4.69, 9.17) is 16.3 Å². The molecule has 1 spiro atoms. The molecule has 2 aromatic heterocycles. The number of anilines is 2. The van der Waals surface area contributed by atoms with E-state index < -0.39 is 0 Å². The highest BCUT2D eigenvalue weighted by Gasteiger charge is 2.41. The predicted octanol–water partition coefficient (Wildman–Crippen LogP) is 4.66. The normalized spacial score (nSPS) is 19.5. The monoisotopic (exact) mass is 498 g/mol. The van der Waals surface area contributed by atoms with Gasteiger partial charge in [0, 0.05) is 31.2 Å². The van der Waals surface area contributed by atoms with Crippen LogP contribution in [-0.2, 0) is 11.8 Å². The van der Waals surface area contributed by atoms with Crippen LogP contribution in [0.4, 0.5) is 11.5 Å². The summed E-state index contributed by atoms with van der Waals surface area (Å²) in [5.41, 5.74) is 1.20. The number of amides is 1. The average molecular weight is 499 g/mol. The van der Waals surface area contributed by atoms with Gasteiger partial charge < -0.3 is 15.0 Å². The number of nitrogens with one attached hydrogen (secondary N) is 1. The van der Waals surface area contributed by atoms with E-state index in [0.29, 0.717) is 27.9 Å². The Bertz CT molecular complexity index is 1180. The van der Waals surface area contributed by atoms with Gasteiger partial charge in [-0.1, -0.05) is 29.4 Å². The van der Waals surface area contributed by atoms with Gasteiger partial charge in [0.25, 0.3) is 5.91 Å². The Kier molecular flexibility index (Phi) is 6.50. The van der Waals surface area contributed by atoms with Gasteiger partial charge in [-0.2, -0.15) is 5.10 Å². The van der Waals surface area contributed by atoms with E-state index in [2.05, 4.69) is 32.2 Å². The Morgan fingerprint density at radius 2 is 2.06 bits per heavy atom. The molecule has 10 heteroatoms. The van der Waals surface area contributed by atoms with Crippen LogP contribution in [0.1, 0.15) is 36.7 Å². The first-order chi connectivity index (χ1) is 16.4. The maximum absolute atomic E-state index is 12.4. The second kappa shape index (κ2) is 9.56. The van der Waals surface area contributed by atoms with E-state index >= 15 is 0 Å². The minimum Gasteiger partial charge on any atom is -0.378 e. The van der Waals surface area contributed by atoms with Gasteiger partial charge in [-0.25, -0.2) is 9.97 Å². The van der Waals surface area contributed by atoms with Gasteiger partial charge in [-0.05, 0) is 49.8 Å². The van der Waals surface area contributed by atoms with Crippen molar-refractivity contribution < 1.29 is 9.53 Å². The van der Waals surface area contributed by atoms with Gasteiger partial charge in [0.2, 0.25) is 0 Å². The molecule has 1 amide bonds. The Balaban J connectivity index is 1.22. The van der Waals surface area contributed by atoms with Crippen LogP contribution < -0.4 is 10.2 Å². The number of piperidine rings is 1. The third-order valence-corrected chi connectivity index (χ3v) is 8.03. The molecule has 34 heavy (non-hydrogen) atoms. The first-order valence-electron chi connectivity index (χ1n) is 11.4. The molecule has 178 valence electrons. The molecular weight excluding hydrogens is 472 g/mol. The smallest absolute Gasteiger partial charge is 0.276 e. The summed E-state index contributed by atoms with van der Waals surface area (Å²) in [7, 11) is 1.76. The van der Waals surface area contributed by atoms with E-state index in [-0.39, 0.29) is 5.91 Å². The molecule has 0 bridgehead atoms. The number of carbonyl (C=O) groups is 1. The van der Waals surface area contributed by atoms with Crippen molar-refractivity contribution in [1.29, 1.82) is 0 Å². The first kappa shape index (κ1) is 23.1. The first-order valence-corrected chi connectivity index (χ1v) is 12.6. The number of ether oxygens (including phenoxy) is 1. The van der Waals surface area contributed by atoms with Gasteiger partial charge >= 0.3 is 0 Å². The summed E-state index contributed by atoms with van der Waals surface area (Å²) in [5.74, 6) is 0.587. The number of hydrogen-bond donors (Lipinski definition) is 1. The molecule has 2 aliphatic heterocycles. The van der Waals surface area contributed by atoms with Crippen molar-refractivity contribution in [3.63, 3.8) is 0 Å². The molecule has 1 aromatic carbocycles. The Labute approximate surface area is 208 Å². The maximum atomic E-state index is 12.4. The number of nitrogens with zero attached hydrogens (tertiary/aromatic N) is 5. The Morgan fingerprint density at radius 3 is 2.71 bits per heavy atom. The van der Waals surface area contributed by atoms with Gasteiger partial charge in [0.15, 0.2) is 5.69 Å². The van der Waals surface area contributed by atoms with Crippen LogP contribution in [0.2, 0.25) is 5.02 Å². The molecule has 3 aromatic rings. The molecule has 0 radical (unpaired) electrons. The highest BCUT2D eigenvalue weighted by atomic mass is 35.5. The third kappa shape index (κ3) is 4.92. The van der Waals surface area contributed by atoms with Crippen LogP contribution in [0.25, 0.3) is 0 Å².